The number of anilines is 1. The number of aromatic nitrogens is 2. The fraction of sp³-hybridized carbons (Fsp3) is 0.529. The molecule has 1 aromatic carbocycles. The Bertz CT molecular complexity index is 627. The zero-order valence-corrected chi connectivity index (χ0v) is 13.2. The SMILES string of the molecule is COCCN(CC1CC1)c1nc(CCN)nc2ccccc12. The Balaban J connectivity index is 1.99. The molecule has 0 amide bonds. The lowest BCUT2D eigenvalue weighted by Crippen LogP contribution is -2.31. The highest BCUT2D eigenvalue weighted by molar-refractivity contribution is 5.89. The van der Waals surface area contributed by atoms with E-state index in [1.54, 1.807) is 7.11 Å². The normalized spacial score (nSPS) is 14.5. The lowest BCUT2D eigenvalue weighted by atomic mass is 10.2. The Kier molecular flexibility index (Phi) is 4.85. The molecule has 0 atom stereocenters. The van der Waals surface area contributed by atoms with Crippen LogP contribution in [0.2, 0.25) is 0 Å². The van der Waals surface area contributed by atoms with Gasteiger partial charge in [-0.1, -0.05) is 12.1 Å². The number of methoxy groups -OCH3 is 1. The quantitative estimate of drug-likeness (QED) is 0.808. The topological polar surface area (TPSA) is 64.3 Å². The number of nitrogens with zero attached hydrogens (tertiary/aromatic N) is 3. The number of rotatable bonds is 8. The van der Waals surface area contributed by atoms with E-state index in [-0.39, 0.29) is 0 Å². The van der Waals surface area contributed by atoms with Crippen molar-refractivity contribution in [1.82, 2.24) is 9.97 Å². The largest absolute Gasteiger partial charge is 0.383 e. The molecule has 1 saturated carbocycles. The molecule has 5 nitrogen and oxygen atoms in total. The van der Waals surface area contributed by atoms with Crippen LogP contribution in [-0.2, 0) is 11.2 Å². The number of ether oxygens (including phenoxy) is 1. The summed E-state index contributed by atoms with van der Waals surface area (Å²) < 4.78 is 5.28. The van der Waals surface area contributed by atoms with E-state index in [9.17, 15) is 0 Å². The van der Waals surface area contributed by atoms with Gasteiger partial charge in [0.1, 0.15) is 11.6 Å². The molecule has 2 N–H and O–H groups in total. The minimum Gasteiger partial charge on any atom is -0.383 e. The van der Waals surface area contributed by atoms with Crippen LogP contribution in [-0.4, -0.2) is 43.3 Å². The van der Waals surface area contributed by atoms with Crippen molar-refractivity contribution < 1.29 is 4.74 Å². The van der Waals surface area contributed by atoms with Crippen molar-refractivity contribution in [2.75, 3.05) is 38.3 Å². The minimum absolute atomic E-state index is 0.568. The first-order valence-corrected chi connectivity index (χ1v) is 8.01. The van der Waals surface area contributed by atoms with Gasteiger partial charge in [0.2, 0.25) is 0 Å². The van der Waals surface area contributed by atoms with Crippen LogP contribution in [0.5, 0.6) is 0 Å². The van der Waals surface area contributed by atoms with Crippen molar-refractivity contribution in [3.63, 3.8) is 0 Å². The third-order valence-electron chi connectivity index (χ3n) is 4.04. The number of hydrogen-bond donors (Lipinski definition) is 1. The third-order valence-corrected chi connectivity index (χ3v) is 4.04. The lowest BCUT2D eigenvalue weighted by molar-refractivity contribution is 0.205. The second-order valence-corrected chi connectivity index (χ2v) is 5.90. The summed E-state index contributed by atoms with van der Waals surface area (Å²) in [4.78, 5) is 11.8. The lowest BCUT2D eigenvalue weighted by Gasteiger charge is -2.25. The average molecular weight is 300 g/mol. The molecule has 0 spiro atoms. The van der Waals surface area contributed by atoms with Crippen LogP contribution in [0.25, 0.3) is 10.9 Å². The number of fused-ring (bicyclic) bond motifs is 1. The van der Waals surface area contributed by atoms with E-state index in [1.165, 1.54) is 12.8 Å². The van der Waals surface area contributed by atoms with Gasteiger partial charge in [0.05, 0.1) is 12.1 Å². The van der Waals surface area contributed by atoms with Gasteiger partial charge in [-0.15, -0.1) is 0 Å². The van der Waals surface area contributed by atoms with Crippen molar-refractivity contribution in [3.05, 3.63) is 30.1 Å². The van der Waals surface area contributed by atoms with Crippen LogP contribution in [0.1, 0.15) is 18.7 Å². The van der Waals surface area contributed by atoms with Crippen LogP contribution >= 0.6 is 0 Å². The third kappa shape index (κ3) is 3.54. The van der Waals surface area contributed by atoms with Crippen molar-refractivity contribution >= 4 is 16.7 Å². The highest BCUT2D eigenvalue weighted by Gasteiger charge is 2.26. The molecule has 3 rings (SSSR count). The van der Waals surface area contributed by atoms with Crippen molar-refractivity contribution in [3.8, 4) is 0 Å². The number of para-hydroxylation sites is 1. The molecule has 1 aromatic heterocycles. The molecule has 2 aromatic rings. The maximum Gasteiger partial charge on any atom is 0.140 e. The van der Waals surface area contributed by atoms with Crippen LogP contribution < -0.4 is 10.6 Å². The molecule has 22 heavy (non-hydrogen) atoms. The maximum absolute atomic E-state index is 5.69. The Morgan fingerprint density at radius 1 is 1.27 bits per heavy atom. The summed E-state index contributed by atoms with van der Waals surface area (Å²) >= 11 is 0. The molecule has 1 fully saturated rings. The minimum atomic E-state index is 0.568. The summed E-state index contributed by atoms with van der Waals surface area (Å²) in [5.74, 6) is 2.65. The van der Waals surface area contributed by atoms with E-state index >= 15 is 0 Å². The van der Waals surface area contributed by atoms with Gasteiger partial charge in [0.15, 0.2) is 0 Å². The Labute approximate surface area is 131 Å². The fourth-order valence-corrected chi connectivity index (χ4v) is 2.69. The molecule has 0 saturated heterocycles. The van der Waals surface area contributed by atoms with Gasteiger partial charge in [-0.05, 0) is 37.4 Å². The molecule has 5 heteroatoms. The standard InChI is InChI=1S/C17H24N4O/c1-22-11-10-21(12-13-6-7-13)17-14-4-2-3-5-15(14)19-16(20-17)8-9-18/h2-5,13H,6-12,18H2,1H3. The molecule has 0 aliphatic heterocycles. The van der Waals surface area contributed by atoms with E-state index < -0.39 is 0 Å². The first kappa shape index (κ1) is 15.2. The van der Waals surface area contributed by atoms with E-state index in [0.717, 1.165) is 41.6 Å². The number of benzene rings is 1. The number of nitrogens with two attached hydrogens (primary N) is 1. The molecule has 1 heterocycles. The van der Waals surface area contributed by atoms with Gasteiger partial charge in [0, 0.05) is 32.0 Å². The Morgan fingerprint density at radius 3 is 2.82 bits per heavy atom. The van der Waals surface area contributed by atoms with Crippen LogP contribution in [0.15, 0.2) is 24.3 Å². The van der Waals surface area contributed by atoms with Crippen molar-refractivity contribution in [1.29, 1.82) is 0 Å². The number of hydrogen-bond acceptors (Lipinski definition) is 5. The monoisotopic (exact) mass is 300 g/mol. The van der Waals surface area contributed by atoms with Gasteiger partial charge in [-0.2, -0.15) is 0 Å². The molecule has 1 aliphatic rings. The molecule has 0 unspecified atom stereocenters. The van der Waals surface area contributed by atoms with E-state index in [0.29, 0.717) is 19.6 Å². The highest BCUT2D eigenvalue weighted by Crippen LogP contribution is 2.32. The molecule has 0 bridgehead atoms. The molecule has 1 aliphatic carbocycles. The predicted molar refractivity (Wildman–Crippen MR) is 89.1 cm³/mol. The summed E-state index contributed by atoms with van der Waals surface area (Å²) in [5, 5.41) is 1.11. The smallest absolute Gasteiger partial charge is 0.140 e. The zero-order valence-electron chi connectivity index (χ0n) is 13.2. The zero-order chi connectivity index (χ0) is 15.4. The van der Waals surface area contributed by atoms with Gasteiger partial charge >= 0.3 is 0 Å². The summed E-state index contributed by atoms with van der Waals surface area (Å²) in [5.41, 5.74) is 6.68. The van der Waals surface area contributed by atoms with E-state index in [4.69, 9.17) is 15.5 Å². The predicted octanol–water partition coefficient (Wildman–Crippen LogP) is 1.99. The molecule has 118 valence electrons. The maximum atomic E-state index is 5.69. The molecular weight excluding hydrogens is 276 g/mol. The first-order chi connectivity index (χ1) is 10.8. The summed E-state index contributed by atoms with van der Waals surface area (Å²) in [6.45, 7) is 3.18. The van der Waals surface area contributed by atoms with Crippen LogP contribution in [0, 0.1) is 5.92 Å². The summed E-state index contributed by atoms with van der Waals surface area (Å²) in [6.07, 6.45) is 3.35. The van der Waals surface area contributed by atoms with Gasteiger partial charge in [-0.25, -0.2) is 9.97 Å². The second kappa shape index (κ2) is 7.03. The first-order valence-electron chi connectivity index (χ1n) is 8.01. The van der Waals surface area contributed by atoms with Crippen molar-refractivity contribution in [2.24, 2.45) is 11.7 Å². The van der Waals surface area contributed by atoms with E-state index in [1.807, 2.05) is 18.2 Å². The van der Waals surface area contributed by atoms with Crippen LogP contribution in [0.3, 0.4) is 0 Å². The van der Waals surface area contributed by atoms with Gasteiger partial charge < -0.3 is 15.4 Å². The molecule has 0 radical (unpaired) electrons. The molecular formula is C17H24N4O. The Morgan fingerprint density at radius 2 is 2.09 bits per heavy atom. The summed E-state index contributed by atoms with van der Waals surface area (Å²) in [6, 6.07) is 8.21. The summed E-state index contributed by atoms with van der Waals surface area (Å²) in [7, 11) is 1.74. The van der Waals surface area contributed by atoms with Crippen LogP contribution in [0.4, 0.5) is 5.82 Å². The van der Waals surface area contributed by atoms with Crippen molar-refractivity contribution in [2.45, 2.75) is 19.3 Å². The fourth-order valence-electron chi connectivity index (χ4n) is 2.69. The van der Waals surface area contributed by atoms with Gasteiger partial charge in [0.25, 0.3) is 0 Å². The van der Waals surface area contributed by atoms with Gasteiger partial charge in [-0.3, -0.25) is 0 Å². The Hall–Kier alpha value is -1.72. The average Bonchev–Trinajstić information content (AvgIpc) is 3.35. The van der Waals surface area contributed by atoms with E-state index in [2.05, 4.69) is 16.0 Å². The second-order valence-electron chi connectivity index (χ2n) is 5.90. The highest BCUT2D eigenvalue weighted by atomic mass is 16.5.